The minimum absolute atomic E-state index is 0.693. The first-order valence-corrected chi connectivity index (χ1v) is 5.14. The van der Waals surface area contributed by atoms with E-state index in [1.807, 2.05) is 0 Å². The van der Waals surface area contributed by atoms with Gasteiger partial charge in [-0.25, -0.2) is 0 Å². The molecular weight excluding hydrogens is 156 g/mol. The SMILES string of the molecule is CCC(C)c1cc(C)c(C)c(C)c1. The largest absolute Gasteiger partial charge is 0.0648 e. The molecule has 0 heteroatoms. The molecule has 0 aliphatic rings. The number of hydrogen-bond donors (Lipinski definition) is 0. The second-order valence-electron chi connectivity index (χ2n) is 4.09. The van der Waals surface area contributed by atoms with Gasteiger partial charge in [0.1, 0.15) is 0 Å². The maximum Gasteiger partial charge on any atom is -0.0193 e. The topological polar surface area (TPSA) is 0 Å². The van der Waals surface area contributed by atoms with Crippen LogP contribution in [0.1, 0.15) is 48.4 Å². The molecule has 13 heavy (non-hydrogen) atoms. The number of hydrogen-bond acceptors (Lipinski definition) is 0. The Balaban J connectivity index is 3.13. The average molecular weight is 176 g/mol. The van der Waals surface area contributed by atoms with E-state index < -0.39 is 0 Å². The molecule has 0 radical (unpaired) electrons. The zero-order chi connectivity index (χ0) is 10.0. The molecule has 72 valence electrons. The van der Waals surface area contributed by atoms with Gasteiger partial charge < -0.3 is 0 Å². The lowest BCUT2D eigenvalue weighted by atomic mass is 9.92. The fourth-order valence-electron chi connectivity index (χ4n) is 1.59. The van der Waals surface area contributed by atoms with Crippen LogP contribution < -0.4 is 0 Å². The van der Waals surface area contributed by atoms with Crippen molar-refractivity contribution in [3.05, 3.63) is 34.4 Å². The first-order valence-electron chi connectivity index (χ1n) is 5.14. The molecule has 0 N–H and O–H groups in total. The number of benzene rings is 1. The van der Waals surface area contributed by atoms with E-state index in [2.05, 4.69) is 46.8 Å². The van der Waals surface area contributed by atoms with Crippen molar-refractivity contribution in [3.8, 4) is 0 Å². The van der Waals surface area contributed by atoms with Crippen LogP contribution in [-0.4, -0.2) is 0 Å². The molecule has 0 spiro atoms. The van der Waals surface area contributed by atoms with E-state index in [-0.39, 0.29) is 0 Å². The molecule has 0 aliphatic carbocycles. The molecule has 1 aromatic rings. The summed E-state index contributed by atoms with van der Waals surface area (Å²) in [6.45, 7) is 11.1. The van der Waals surface area contributed by atoms with Crippen LogP contribution in [0.3, 0.4) is 0 Å². The lowest BCUT2D eigenvalue weighted by molar-refractivity contribution is 0.731. The summed E-state index contributed by atoms with van der Waals surface area (Å²) in [4.78, 5) is 0. The quantitative estimate of drug-likeness (QED) is 0.635. The van der Waals surface area contributed by atoms with Gasteiger partial charge >= 0.3 is 0 Å². The van der Waals surface area contributed by atoms with Crippen LogP contribution in [0.15, 0.2) is 12.1 Å². The summed E-state index contributed by atoms with van der Waals surface area (Å²) in [6.07, 6.45) is 1.22. The van der Waals surface area contributed by atoms with Crippen molar-refractivity contribution in [1.82, 2.24) is 0 Å². The lowest BCUT2D eigenvalue weighted by Gasteiger charge is -2.13. The number of rotatable bonds is 2. The van der Waals surface area contributed by atoms with Crippen LogP contribution in [0.25, 0.3) is 0 Å². The Kier molecular flexibility index (Phi) is 3.13. The molecule has 0 fully saturated rings. The Morgan fingerprint density at radius 2 is 1.54 bits per heavy atom. The summed E-state index contributed by atoms with van der Waals surface area (Å²) in [5.41, 5.74) is 5.78. The molecule has 1 unspecified atom stereocenters. The summed E-state index contributed by atoms with van der Waals surface area (Å²) >= 11 is 0. The Morgan fingerprint density at radius 3 is 1.92 bits per heavy atom. The smallest absolute Gasteiger partial charge is 0.0193 e. The predicted molar refractivity (Wildman–Crippen MR) is 59.4 cm³/mol. The minimum atomic E-state index is 0.693. The predicted octanol–water partition coefficient (Wildman–Crippen LogP) is 4.13. The Morgan fingerprint density at radius 1 is 1.08 bits per heavy atom. The summed E-state index contributed by atoms with van der Waals surface area (Å²) in [6, 6.07) is 4.66. The zero-order valence-corrected chi connectivity index (χ0v) is 9.44. The third-order valence-electron chi connectivity index (χ3n) is 3.13. The van der Waals surface area contributed by atoms with E-state index in [0.29, 0.717) is 5.92 Å². The molecule has 0 aromatic heterocycles. The highest BCUT2D eigenvalue weighted by atomic mass is 14.1. The summed E-state index contributed by atoms with van der Waals surface area (Å²) in [5, 5.41) is 0. The zero-order valence-electron chi connectivity index (χ0n) is 9.44. The Labute approximate surface area is 82.0 Å². The highest BCUT2D eigenvalue weighted by molar-refractivity contribution is 5.38. The highest BCUT2D eigenvalue weighted by Crippen LogP contribution is 2.23. The number of aryl methyl sites for hydroxylation is 2. The molecule has 1 rings (SSSR count). The highest BCUT2D eigenvalue weighted by Gasteiger charge is 2.05. The lowest BCUT2D eigenvalue weighted by Crippen LogP contribution is -1.95. The van der Waals surface area contributed by atoms with Crippen molar-refractivity contribution in [2.45, 2.75) is 47.0 Å². The van der Waals surface area contributed by atoms with Gasteiger partial charge in [-0.3, -0.25) is 0 Å². The molecule has 0 amide bonds. The molecule has 0 nitrogen and oxygen atoms in total. The van der Waals surface area contributed by atoms with E-state index in [4.69, 9.17) is 0 Å². The molecular formula is C13H20. The van der Waals surface area contributed by atoms with E-state index in [1.54, 1.807) is 0 Å². The maximum absolute atomic E-state index is 2.33. The third-order valence-corrected chi connectivity index (χ3v) is 3.13. The summed E-state index contributed by atoms with van der Waals surface area (Å²) < 4.78 is 0. The van der Waals surface area contributed by atoms with E-state index >= 15 is 0 Å². The van der Waals surface area contributed by atoms with Gasteiger partial charge in [0, 0.05) is 0 Å². The van der Waals surface area contributed by atoms with Crippen LogP contribution >= 0.6 is 0 Å². The van der Waals surface area contributed by atoms with E-state index in [1.165, 1.54) is 28.7 Å². The molecule has 0 aliphatic heterocycles. The fourth-order valence-corrected chi connectivity index (χ4v) is 1.59. The van der Waals surface area contributed by atoms with E-state index in [0.717, 1.165) is 0 Å². The third kappa shape index (κ3) is 2.12. The van der Waals surface area contributed by atoms with Gasteiger partial charge in [-0.05, 0) is 55.4 Å². The van der Waals surface area contributed by atoms with Gasteiger partial charge in [-0.15, -0.1) is 0 Å². The second kappa shape index (κ2) is 3.95. The first kappa shape index (κ1) is 10.3. The van der Waals surface area contributed by atoms with Gasteiger partial charge in [0.15, 0.2) is 0 Å². The monoisotopic (exact) mass is 176 g/mol. The summed E-state index contributed by atoms with van der Waals surface area (Å²) in [5.74, 6) is 0.693. The van der Waals surface area contributed by atoms with Crippen molar-refractivity contribution in [1.29, 1.82) is 0 Å². The van der Waals surface area contributed by atoms with Gasteiger partial charge in [-0.2, -0.15) is 0 Å². The van der Waals surface area contributed by atoms with Gasteiger partial charge in [-0.1, -0.05) is 26.0 Å². The van der Waals surface area contributed by atoms with Gasteiger partial charge in [0.05, 0.1) is 0 Å². The molecule has 1 atom stereocenters. The van der Waals surface area contributed by atoms with Crippen LogP contribution in [0.2, 0.25) is 0 Å². The minimum Gasteiger partial charge on any atom is -0.0648 e. The first-order chi connectivity index (χ1) is 6.06. The Hall–Kier alpha value is -0.780. The van der Waals surface area contributed by atoms with Crippen LogP contribution in [-0.2, 0) is 0 Å². The normalized spacial score (nSPS) is 13.0. The second-order valence-corrected chi connectivity index (χ2v) is 4.09. The maximum atomic E-state index is 2.33. The van der Waals surface area contributed by atoms with E-state index in [9.17, 15) is 0 Å². The van der Waals surface area contributed by atoms with Gasteiger partial charge in [0.2, 0.25) is 0 Å². The average Bonchev–Trinajstić information content (AvgIpc) is 2.12. The Bertz CT molecular complexity index is 274. The van der Waals surface area contributed by atoms with Gasteiger partial charge in [0.25, 0.3) is 0 Å². The van der Waals surface area contributed by atoms with Crippen LogP contribution in [0.4, 0.5) is 0 Å². The van der Waals surface area contributed by atoms with Crippen molar-refractivity contribution in [3.63, 3.8) is 0 Å². The molecule has 0 saturated carbocycles. The van der Waals surface area contributed by atoms with Crippen LogP contribution in [0, 0.1) is 20.8 Å². The van der Waals surface area contributed by atoms with Crippen molar-refractivity contribution >= 4 is 0 Å². The van der Waals surface area contributed by atoms with Crippen molar-refractivity contribution in [2.75, 3.05) is 0 Å². The van der Waals surface area contributed by atoms with Crippen LogP contribution in [0.5, 0.6) is 0 Å². The fraction of sp³-hybridized carbons (Fsp3) is 0.538. The molecule has 1 aromatic carbocycles. The molecule has 0 bridgehead atoms. The van der Waals surface area contributed by atoms with Crippen molar-refractivity contribution in [2.24, 2.45) is 0 Å². The standard InChI is InChI=1S/C13H20/c1-6-9(2)13-7-10(3)12(5)11(4)8-13/h7-9H,6H2,1-5H3. The molecule has 0 saturated heterocycles. The molecule has 0 heterocycles. The van der Waals surface area contributed by atoms with Crippen molar-refractivity contribution < 1.29 is 0 Å². The summed E-state index contributed by atoms with van der Waals surface area (Å²) in [7, 11) is 0.